The highest BCUT2D eigenvalue weighted by Gasteiger charge is 2.20. The monoisotopic (exact) mass is 506 g/mol. The Hall–Kier alpha value is -3.05. The summed E-state index contributed by atoms with van der Waals surface area (Å²) in [6, 6.07) is 18.2. The Kier molecular flexibility index (Phi) is 7.53. The van der Waals surface area contributed by atoms with Gasteiger partial charge in [-0.05, 0) is 19.1 Å². The second-order valence-electron chi connectivity index (χ2n) is 8.20. The average Bonchev–Trinajstić information content (AvgIpc) is 3.51. The van der Waals surface area contributed by atoms with Crippen LogP contribution >= 0.6 is 23.1 Å². The molecule has 1 fully saturated rings. The number of para-hydroxylation sites is 1. The number of carbonyl (C=O) groups excluding carboxylic acids is 1. The molecule has 0 aliphatic carbocycles. The fraction of sp³-hybridized carbons (Fsp3) is 0.280. The van der Waals surface area contributed by atoms with Crippen molar-refractivity contribution in [1.82, 2.24) is 24.6 Å². The van der Waals surface area contributed by atoms with Gasteiger partial charge in [0, 0.05) is 29.7 Å². The Balaban J connectivity index is 1.26. The molecule has 0 bridgehead atoms. The molecule has 1 amide bonds. The maximum atomic E-state index is 12.7. The molecule has 1 saturated heterocycles. The van der Waals surface area contributed by atoms with Crippen LogP contribution in [0.1, 0.15) is 11.4 Å². The molecule has 10 heteroatoms. The predicted molar refractivity (Wildman–Crippen MR) is 139 cm³/mol. The number of ether oxygens (including phenoxy) is 1. The molecule has 1 aliphatic heterocycles. The smallest absolute Gasteiger partial charge is 0.236 e. The number of hydrogen-bond acceptors (Lipinski definition) is 8. The van der Waals surface area contributed by atoms with Crippen molar-refractivity contribution in [1.29, 1.82) is 0 Å². The van der Waals surface area contributed by atoms with Gasteiger partial charge in [0.25, 0.3) is 0 Å². The highest BCUT2D eigenvalue weighted by atomic mass is 32.2. The molecule has 35 heavy (non-hydrogen) atoms. The van der Waals surface area contributed by atoms with Crippen LogP contribution < -0.4 is 5.32 Å². The van der Waals surface area contributed by atoms with Gasteiger partial charge in [-0.1, -0.05) is 59.8 Å². The van der Waals surface area contributed by atoms with E-state index in [2.05, 4.69) is 44.5 Å². The van der Waals surface area contributed by atoms with Crippen LogP contribution in [0, 0.1) is 6.92 Å². The number of thiazole rings is 1. The van der Waals surface area contributed by atoms with E-state index in [1.165, 1.54) is 28.7 Å². The summed E-state index contributed by atoms with van der Waals surface area (Å²) < 4.78 is 7.50. The number of benzene rings is 2. The fourth-order valence-electron chi connectivity index (χ4n) is 3.77. The van der Waals surface area contributed by atoms with Crippen molar-refractivity contribution in [2.45, 2.75) is 18.6 Å². The van der Waals surface area contributed by atoms with Gasteiger partial charge in [0.2, 0.25) is 5.91 Å². The lowest BCUT2D eigenvalue weighted by Gasteiger charge is -2.26. The Labute approximate surface area is 212 Å². The quantitative estimate of drug-likeness (QED) is 0.357. The molecule has 0 unspecified atom stereocenters. The van der Waals surface area contributed by atoms with Crippen molar-refractivity contribution in [3.05, 3.63) is 71.4 Å². The number of thioether (sulfide) groups is 1. The van der Waals surface area contributed by atoms with Crippen molar-refractivity contribution in [2.24, 2.45) is 0 Å². The number of nitrogens with one attached hydrogen (secondary N) is 1. The maximum Gasteiger partial charge on any atom is 0.236 e. The number of aromatic nitrogens is 4. The molecule has 2 aromatic heterocycles. The van der Waals surface area contributed by atoms with Crippen LogP contribution in [0.5, 0.6) is 0 Å². The maximum absolute atomic E-state index is 12.7. The molecular weight excluding hydrogens is 480 g/mol. The summed E-state index contributed by atoms with van der Waals surface area (Å²) in [6.45, 7) is 5.92. The van der Waals surface area contributed by atoms with E-state index in [1.54, 1.807) is 0 Å². The number of amides is 1. The van der Waals surface area contributed by atoms with Crippen LogP contribution in [0.15, 0.2) is 65.1 Å². The normalized spacial score (nSPS) is 14.2. The Morgan fingerprint density at radius 2 is 1.86 bits per heavy atom. The molecule has 0 spiro atoms. The van der Waals surface area contributed by atoms with Gasteiger partial charge in [-0.15, -0.1) is 21.5 Å². The molecule has 1 N–H and O–H groups in total. The van der Waals surface area contributed by atoms with E-state index in [-0.39, 0.29) is 11.7 Å². The van der Waals surface area contributed by atoms with Crippen LogP contribution in [0.3, 0.4) is 0 Å². The number of anilines is 1. The molecule has 3 heterocycles. The zero-order valence-corrected chi connectivity index (χ0v) is 21.0. The van der Waals surface area contributed by atoms with Crippen LogP contribution in [0.2, 0.25) is 0 Å². The lowest BCUT2D eigenvalue weighted by molar-refractivity contribution is -0.113. The van der Waals surface area contributed by atoms with Crippen molar-refractivity contribution in [3.63, 3.8) is 0 Å². The third-order valence-electron chi connectivity index (χ3n) is 5.61. The van der Waals surface area contributed by atoms with Gasteiger partial charge in [-0.2, -0.15) is 0 Å². The van der Waals surface area contributed by atoms with Gasteiger partial charge < -0.3 is 10.1 Å². The largest absolute Gasteiger partial charge is 0.379 e. The number of carbonyl (C=O) groups is 1. The number of hydrogen-bond donors (Lipinski definition) is 1. The third kappa shape index (κ3) is 5.96. The van der Waals surface area contributed by atoms with Gasteiger partial charge in [-0.25, -0.2) is 4.98 Å². The summed E-state index contributed by atoms with van der Waals surface area (Å²) >= 11 is 2.79. The SMILES string of the molecule is Cc1ccc(-c2csc(NC(=O)CSc3nnc(CN4CCOCC4)n3-c3ccccc3)n2)cc1. The number of rotatable bonds is 8. The molecule has 1 aliphatic rings. The van der Waals surface area contributed by atoms with Crippen molar-refractivity contribution < 1.29 is 9.53 Å². The predicted octanol–water partition coefficient (Wildman–Crippen LogP) is 4.26. The summed E-state index contributed by atoms with van der Waals surface area (Å²) in [6.07, 6.45) is 0. The summed E-state index contributed by atoms with van der Waals surface area (Å²) in [5.74, 6) is 0.933. The van der Waals surface area contributed by atoms with Gasteiger partial charge in [-0.3, -0.25) is 14.3 Å². The highest BCUT2D eigenvalue weighted by Crippen LogP contribution is 2.26. The zero-order valence-electron chi connectivity index (χ0n) is 19.4. The van der Waals surface area contributed by atoms with Crippen LogP contribution in [-0.4, -0.2) is 62.6 Å². The first-order chi connectivity index (χ1) is 17.2. The van der Waals surface area contributed by atoms with Crippen LogP contribution in [-0.2, 0) is 16.1 Å². The molecule has 2 aromatic carbocycles. The summed E-state index contributed by atoms with van der Waals surface area (Å²) in [4.78, 5) is 19.6. The molecule has 0 atom stereocenters. The minimum atomic E-state index is -0.128. The number of morpholine rings is 1. The van der Waals surface area contributed by atoms with Crippen molar-refractivity contribution in [3.8, 4) is 16.9 Å². The molecule has 0 radical (unpaired) electrons. The summed E-state index contributed by atoms with van der Waals surface area (Å²) in [7, 11) is 0. The molecule has 5 rings (SSSR count). The Morgan fingerprint density at radius 1 is 1.09 bits per heavy atom. The van der Waals surface area contributed by atoms with Crippen LogP contribution in [0.4, 0.5) is 5.13 Å². The average molecular weight is 507 g/mol. The van der Waals surface area contributed by atoms with E-state index in [4.69, 9.17) is 4.74 Å². The first kappa shape index (κ1) is 23.7. The van der Waals surface area contributed by atoms with Gasteiger partial charge in [0.1, 0.15) is 0 Å². The Bertz CT molecular complexity index is 1270. The number of aryl methyl sites for hydroxylation is 1. The van der Waals surface area contributed by atoms with E-state index >= 15 is 0 Å². The standard InChI is InChI=1S/C25H26N6O2S2/c1-18-7-9-19(10-8-18)21-16-34-24(26-21)27-23(32)17-35-25-29-28-22(15-30-11-13-33-14-12-30)31(25)20-5-3-2-4-6-20/h2-10,16H,11-15,17H2,1H3,(H,26,27,32). The third-order valence-corrected chi connectivity index (χ3v) is 7.30. The molecule has 4 aromatic rings. The first-order valence-electron chi connectivity index (χ1n) is 11.4. The molecule has 8 nitrogen and oxygen atoms in total. The molecule has 180 valence electrons. The number of nitrogens with zero attached hydrogens (tertiary/aromatic N) is 5. The first-order valence-corrected chi connectivity index (χ1v) is 13.3. The van der Waals surface area contributed by atoms with E-state index in [9.17, 15) is 4.79 Å². The lowest BCUT2D eigenvalue weighted by Crippen LogP contribution is -2.36. The van der Waals surface area contributed by atoms with Gasteiger partial charge in [0.05, 0.1) is 31.2 Å². The minimum Gasteiger partial charge on any atom is -0.379 e. The minimum absolute atomic E-state index is 0.128. The van der Waals surface area contributed by atoms with Gasteiger partial charge in [0.15, 0.2) is 16.1 Å². The van der Waals surface area contributed by atoms with Crippen molar-refractivity contribution in [2.75, 3.05) is 37.4 Å². The summed E-state index contributed by atoms with van der Waals surface area (Å²) in [5.41, 5.74) is 4.07. The second kappa shape index (κ2) is 11.1. The van der Waals surface area contributed by atoms with E-state index in [0.29, 0.717) is 16.8 Å². The topological polar surface area (TPSA) is 85.2 Å². The fourth-order valence-corrected chi connectivity index (χ4v) is 5.27. The van der Waals surface area contributed by atoms with E-state index in [1.807, 2.05) is 52.4 Å². The van der Waals surface area contributed by atoms with Crippen molar-refractivity contribution >= 4 is 34.1 Å². The highest BCUT2D eigenvalue weighted by molar-refractivity contribution is 7.99. The van der Waals surface area contributed by atoms with E-state index < -0.39 is 0 Å². The van der Waals surface area contributed by atoms with Crippen LogP contribution in [0.25, 0.3) is 16.9 Å². The summed E-state index contributed by atoms with van der Waals surface area (Å²) in [5, 5.41) is 15.0. The molecule has 0 saturated carbocycles. The molecular formula is C25H26N6O2S2. The Morgan fingerprint density at radius 3 is 2.63 bits per heavy atom. The zero-order chi connectivity index (χ0) is 24.0. The lowest BCUT2D eigenvalue weighted by atomic mass is 10.1. The second-order valence-corrected chi connectivity index (χ2v) is 10.00. The van der Waals surface area contributed by atoms with E-state index in [0.717, 1.165) is 49.1 Å². The van der Waals surface area contributed by atoms with Gasteiger partial charge >= 0.3 is 0 Å².